The minimum atomic E-state index is 0.429. The van der Waals surface area contributed by atoms with Gasteiger partial charge in [-0.05, 0) is 30.8 Å². The standard InChI is InChI=1S/C11H24N2OS/c1-2-15-7-5-10(8-12)13-9-11-4-3-6-14-11/h10-11,13H,2-9,12H2,1H3. The summed E-state index contributed by atoms with van der Waals surface area (Å²) in [5.74, 6) is 2.40. The second-order valence-electron chi connectivity index (χ2n) is 3.96. The third-order valence-corrected chi connectivity index (χ3v) is 3.69. The van der Waals surface area contributed by atoms with Crippen LogP contribution in [0.2, 0.25) is 0 Å². The monoisotopic (exact) mass is 232 g/mol. The Morgan fingerprint density at radius 2 is 2.47 bits per heavy atom. The molecule has 1 fully saturated rings. The fourth-order valence-corrected chi connectivity index (χ4v) is 2.52. The Hall–Kier alpha value is 0.230. The molecule has 2 atom stereocenters. The molecule has 15 heavy (non-hydrogen) atoms. The summed E-state index contributed by atoms with van der Waals surface area (Å²) in [6.07, 6.45) is 4.01. The first-order chi connectivity index (χ1) is 7.36. The molecule has 1 rings (SSSR count). The summed E-state index contributed by atoms with van der Waals surface area (Å²) in [5, 5.41) is 3.51. The van der Waals surface area contributed by atoms with E-state index in [1.165, 1.54) is 30.8 Å². The summed E-state index contributed by atoms with van der Waals surface area (Å²) >= 11 is 1.98. The van der Waals surface area contributed by atoms with Crippen LogP contribution >= 0.6 is 11.8 Å². The smallest absolute Gasteiger partial charge is 0.0700 e. The van der Waals surface area contributed by atoms with E-state index >= 15 is 0 Å². The van der Waals surface area contributed by atoms with Gasteiger partial charge in [-0.15, -0.1) is 0 Å². The Bertz CT molecular complexity index is 152. The van der Waals surface area contributed by atoms with Crippen molar-refractivity contribution in [1.82, 2.24) is 5.32 Å². The molecule has 1 heterocycles. The molecule has 1 aliphatic rings. The van der Waals surface area contributed by atoms with E-state index in [1.54, 1.807) is 0 Å². The number of hydrogen-bond acceptors (Lipinski definition) is 4. The van der Waals surface area contributed by atoms with E-state index < -0.39 is 0 Å². The zero-order valence-corrected chi connectivity index (χ0v) is 10.5. The lowest BCUT2D eigenvalue weighted by molar-refractivity contribution is 0.107. The quantitative estimate of drug-likeness (QED) is 0.618. The van der Waals surface area contributed by atoms with Crippen LogP contribution in [0.4, 0.5) is 0 Å². The largest absolute Gasteiger partial charge is 0.377 e. The zero-order valence-electron chi connectivity index (χ0n) is 9.71. The van der Waals surface area contributed by atoms with Crippen molar-refractivity contribution >= 4 is 11.8 Å². The van der Waals surface area contributed by atoms with Crippen LogP contribution in [-0.2, 0) is 4.74 Å². The number of thioether (sulfide) groups is 1. The van der Waals surface area contributed by atoms with Gasteiger partial charge in [-0.1, -0.05) is 6.92 Å². The van der Waals surface area contributed by atoms with E-state index in [1.807, 2.05) is 11.8 Å². The Morgan fingerprint density at radius 3 is 3.07 bits per heavy atom. The van der Waals surface area contributed by atoms with Gasteiger partial charge in [0, 0.05) is 25.7 Å². The van der Waals surface area contributed by atoms with Crippen molar-refractivity contribution in [3.05, 3.63) is 0 Å². The molecule has 3 N–H and O–H groups in total. The third-order valence-electron chi connectivity index (χ3n) is 2.76. The number of rotatable bonds is 8. The minimum Gasteiger partial charge on any atom is -0.377 e. The first-order valence-electron chi connectivity index (χ1n) is 5.99. The Labute approximate surface area is 97.5 Å². The maximum atomic E-state index is 5.73. The van der Waals surface area contributed by atoms with Gasteiger partial charge in [-0.2, -0.15) is 11.8 Å². The van der Waals surface area contributed by atoms with Gasteiger partial charge in [-0.25, -0.2) is 0 Å². The van der Waals surface area contributed by atoms with Gasteiger partial charge in [0.2, 0.25) is 0 Å². The molecule has 0 radical (unpaired) electrons. The van der Waals surface area contributed by atoms with E-state index in [0.717, 1.165) is 19.7 Å². The van der Waals surface area contributed by atoms with Crippen molar-refractivity contribution in [2.24, 2.45) is 5.73 Å². The van der Waals surface area contributed by atoms with Gasteiger partial charge < -0.3 is 15.8 Å². The highest BCUT2D eigenvalue weighted by Crippen LogP contribution is 2.11. The lowest BCUT2D eigenvalue weighted by atomic mass is 10.2. The van der Waals surface area contributed by atoms with Crippen molar-refractivity contribution in [3.8, 4) is 0 Å². The molecule has 0 aromatic heterocycles. The summed E-state index contributed by atoms with van der Waals surface area (Å²) < 4.78 is 5.56. The molecule has 0 spiro atoms. The van der Waals surface area contributed by atoms with Crippen molar-refractivity contribution in [2.75, 3.05) is 31.2 Å². The van der Waals surface area contributed by atoms with Crippen LogP contribution in [0.15, 0.2) is 0 Å². The van der Waals surface area contributed by atoms with E-state index in [9.17, 15) is 0 Å². The molecule has 1 aliphatic heterocycles. The van der Waals surface area contributed by atoms with Gasteiger partial charge in [0.25, 0.3) is 0 Å². The SMILES string of the molecule is CCSCCC(CN)NCC1CCCO1. The molecule has 0 aliphatic carbocycles. The lowest BCUT2D eigenvalue weighted by Gasteiger charge is -2.19. The van der Waals surface area contributed by atoms with Crippen LogP contribution in [0.5, 0.6) is 0 Å². The van der Waals surface area contributed by atoms with Crippen LogP contribution in [0.1, 0.15) is 26.2 Å². The molecule has 1 saturated heterocycles. The molecule has 0 saturated carbocycles. The van der Waals surface area contributed by atoms with E-state index in [0.29, 0.717) is 12.1 Å². The second-order valence-corrected chi connectivity index (χ2v) is 5.36. The number of nitrogens with two attached hydrogens (primary N) is 1. The molecular weight excluding hydrogens is 208 g/mol. The molecule has 0 bridgehead atoms. The molecule has 90 valence electrons. The van der Waals surface area contributed by atoms with Crippen molar-refractivity contribution in [1.29, 1.82) is 0 Å². The summed E-state index contributed by atoms with van der Waals surface area (Å²) in [5.41, 5.74) is 5.73. The van der Waals surface area contributed by atoms with E-state index in [-0.39, 0.29) is 0 Å². The van der Waals surface area contributed by atoms with Gasteiger partial charge in [0.05, 0.1) is 6.10 Å². The maximum Gasteiger partial charge on any atom is 0.0700 e. The number of ether oxygens (including phenoxy) is 1. The normalized spacial score (nSPS) is 23.2. The fourth-order valence-electron chi connectivity index (χ4n) is 1.78. The maximum absolute atomic E-state index is 5.73. The van der Waals surface area contributed by atoms with Crippen LogP contribution in [0.25, 0.3) is 0 Å². The predicted octanol–water partition coefficient (Wildman–Crippen LogP) is 1.23. The van der Waals surface area contributed by atoms with Crippen LogP contribution < -0.4 is 11.1 Å². The van der Waals surface area contributed by atoms with Gasteiger partial charge in [0.1, 0.15) is 0 Å². The van der Waals surface area contributed by atoms with Crippen LogP contribution in [0, 0.1) is 0 Å². The topological polar surface area (TPSA) is 47.3 Å². The summed E-state index contributed by atoms with van der Waals surface area (Å²) in [7, 11) is 0. The highest BCUT2D eigenvalue weighted by Gasteiger charge is 2.16. The Balaban J connectivity index is 2.04. The number of nitrogens with one attached hydrogen (secondary N) is 1. The average Bonchev–Trinajstić information content (AvgIpc) is 2.76. The average molecular weight is 232 g/mol. The van der Waals surface area contributed by atoms with Gasteiger partial charge >= 0.3 is 0 Å². The van der Waals surface area contributed by atoms with Gasteiger partial charge in [0.15, 0.2) is 0 Å². The molecule has 2 unspecified atom stereocenters. The highest BCUT2D eigenvalue weighted by molar-refractivity contribution is 7.99. The molecule has 0 aromatic carbocycles. The minimum absolute atomic E-state index is 0.429. The molecule has 4 heteroatoms. The summed E-state index contributed by atoms with van der Waals surface area (Å²) in [4.78, 5) is 0. The summed E-state index contributed by atoms with van der Waals surface area (Å²) in [6, 6.07) is 0.466. The molecule has 3 nitrogen and oxygen atoms in total. The number of hydrogen-bond donors (Lipinski definition) is 2. The Morgan fingerprint density at radius 1 is 1.60 bits per heavy atom. The summed E-state index contributed by atoms with van der Waals surface area (Å²) in [6.45, 7) is 4.84. The molecular formula is C11H24N2OS. The fraction of sp³-hybridized carbons (Fsp3) is 1.00. The van der Waals surface area contributed by atoms with Crippen LogP contribution in [-0.4, -0.2) is 43.3 Å². The third kappa shape index (κ3) is 5.76. The van der Waals surface area contributed by atoms with Crippen molar-refractivity contribution < 1.29 is 4.74 Å². The van der Waals surface area contributed by atoms with Crippen molar-refractivity contribution in [2.45, 2.75) is 38.3 Å². The predicted molar refractivity (Wildman–Crippen MR) is 67.4 cm³/mol. The lowest BCUT2D eigenvalue weighted by Crippen LogP contribution is -2.40. The van der Waals surface area contributed by atoms with Gasteiger partial charge in [-0.3, -0.25) is 0 Å². The van der Waals surface area contributed by atoms with E-state index in [4.69, 9.17) is 10.5 Å². The van der Waals surface area contributed by atoms with Crippen molar-refractivity contribution in [3.63, 3.8) is 0 Å². The molecule has 0 aromatic rings. The highest BCUT2D eigenvalue weighted by atomic mass is 32.2. The second kappa shape index (κ2) is 8.39. The first kappa shape index (κ1) is 13.3. The van der Waals surface area contributed by atoms with E-state index in [2.05, 4.69) is 12.2 Å². The van der Waals surface area contributed by atoms with Crippen LogP contribution in [0.3, 0.4) is 0 Å². The zero-order chi connectivity index (χ0) is 10.9. The Kier molecular flexibility index (Phi) is 7.44. The molecule has 0 amide bonds. The first-order valence-corrected chi connectivity index (χ1v) is 7.15.